The number of imidazole rings is 1. The maximum atomic E-state index is 13.3. The van der Waals surface area contributed by atoms with Crippen LogP contribution in [0.2, 0.25) is 0 Å². The van der Waals surface area contributed by atoms with E-state index >= 15 is 0 Å². The molecule has 1 amide bonds. The molecule has 0 spiro atoms. The largest absolute Gasteiger partial charge is 1.00 e. The molecule has 5 heteroatoms. The molecule has 4 nitrogen and oxygen atoms in total. The summed E-state index contributed by atoms with van der Waals surface area (Å²) in [5.41, 5.74) is 7.49. The number of carbonyl (C=O) groups excluding carboxylic acids is 1. The maximum absolute atomic E-state index is 13.3. The Morgan fingerprint density at radius 3 is 2.12 bits per heavy atom. The Balaban J connectivity index is 0.00000274. The number of nitrogens with two attached hydrogens (primary N) is 1. The fourth-order valence-corrected chi connectivity index (χ4v) is 6.70. The smallest absolute Gasteiger partial charge is 0.253 e. The van der Waals surface area contributed by atoms with Crippen molar-refractivity contribution >= 4 is 5.91 Å². The van der Waals surface area contributed by atoms with Gasteiger partial charge in [0.05, 0.1) is 6.54 Å². The average Bonchev–Trinajstić information content (AvgIpc) is 3.59. The molecule has 2 aromatic carbocycles. The van der Waals surface area contributed by atoms with Crippen LogP contribution in [-0.2, 0) is 16.8 Å². The van der Waals surface area contributed by atoms with Gasteiger partial charge in [0, 0.05) is 6.92 Å². The standard InChI is InChI=1S/C29H35N3O.BrH/c1-22-31(21-23-10-8-9-11-23)18-19-32(22)27-17-16-26(20-27)29(28(30)33,24-12-4-2-5-13-24)25-14-6-3-7-15-25;/h2-7,12-15,18-19,23,26-27H,8-11,16-17,20-21H2,1H3,(H-,30,33);1H. The molecular weight excluding hydrogens is 486 g/mol. The van der Waals surface area contributed by atoms with Crippen LogP contribution < -0.4 is 27.3 Å². The summed E-state index contributed by atoms with van der Waals surface area (Å²) in [5, 5.41) is 0. The quantitative estimate of drug-likeness (QED) is 0.475. The van der Waals surface area contributed by atoms with E-state index in [0.29, 0.717) is 6.04 Å². The molecule has 2 aliphatic rings. The summed E-state index contributed by atoms with van der Waals surface area (Å²) >= 11 is 0. The zero-order valence-electron chi connectivity index (χ0n) is 20.1. The lowest BCUT2D eigenvalue weighted by atomic mass is 9.64. The van der Waals surface area contributed by atoms with E-state index in [1.54, 1.807) is 0 Å². The van der Waals surface area contributed by atoms with Gasteiger partial charge < -0.3 is 22.7 Å². The highest BCUT2D eigenvalue weighted by molar-refractivity contribution is 5.91. The summed E-state index contributed by atoms with van der Waals surface area (Å²) in [6.07, 6.45) is 13.0. The van der Waals surface area contributed by atoms with E-state index in [9.17, 15) is 4.79 Å². The molecule has 0 saturated heterocycles. The third-order valence-electron chi connectivity index (χ3n) is 8.38. The van der Waals surface area contributed by atoms with Gasteiger partial charge in [-0.25, -0.2) is 9.13 Å². The van der Waals surface area contributed by atoms with Gasteiger partial charge in [0.25, 0.3) is 5.82 Å². The van der Waals surface area contributed by atoms with Crippen molar-refractivity contribution in [3.63, 3.8) is 0 Å². The van der Waals surface area contributed by atoms with Crippen LogP contribution in [0.3, 0.4) is 0 Å². The molecule has 180 valence electrons. The van der Waals surface area contributed by atoms with Crippen LogP contribution in [0.25, 0.3) is 0 Å². The zero-order chi connectivity index (χ0) is 22.8. The van der Waals surface area contributed by atoms with Crippen molar-refractivity contribution in [1.29, 1.82) is 0 Å². The van der Waals surface area contributed by atoms with Gasteiger partial charge in [-0.05, 0) is 55.1 Å². The van der Waals surface area contributed by atoms with Crippen LogP contribution >= 0.6 is 0 Å². The van der Waals surface area contributed by atoms with Crippen LogP contribution in [-0.4, -0.2) is 10.5 Å². The van der Waals surface area contributed by atoms with Gasteiger partial charge in [0.2, 0.25) is 5.91 Å². The molecular formula is C29H36BrN3O. The van der Waals surface area contributed by atoms with Gasteiger partial charge in [0.15, 0.2) is 0 Å². The van der Waals surface area contributed by atoms with Gasteiger partial charge in [0.1, 0.15) is 23.9 Å². The SMILES string of the molecule is Cc1n(C2CCC(C(C(N)=O)(c3ccccc3)c3ccccc3)C2)cc[n+]1CC1CCCC1.[Br-]. The second-order valence-corrected chi connectivity index (χ2v) is 10.1. The number of nitrogens with zero attached hydrogens (tertiary/aromatic N) is 2. The van der Waals surface area contributed by atoms with Crippen molar-refractivity contribution in [3.05, 3.63) is 90.0 Å². The third kappa shape index (κ3) is 4.35. The Kier molecular flexibility index (Phi) is 7.61. The summed E-state index contributed by atoms with van der Waals surface area (Å²) < 4.78 is 4.90. The fourth-order valence-electron chi connectivity index (χ4n) is 6.70. The highest BCUT2D eigenvalue weighted by Crippen LogP contribution is 2.50. The predicted molar refractivity (Wildman–Crippen MR) is 131 cm³/mol. The number of rotatable bonds is 7. The Hall–Kier alpha value is -2.40. The monoisotopic (exact) mass is 521 g/mol. The first-order valence-corrected chi connectivity index (χ1v) is 12.6. The Morgan fingerprint density at radius 1 is 0.971 bits per heavy atom. The highest BCUT2D eigenvalue weighted by Gasteiger charge is 2.51. The second kappa shape index (κ2) is 10.5. The van der Waals surface area contributed by atoms with Crippen LogP contribution in [0.5, 0.6) is 0 Å². The van der Waals surface area contributed by atoms with E-state index in [1.807, 2.05) is 36.4 Å². The average molecular weight is 523 g/mol. The minimum absolute atomic E-state index is 0. The number of hydrogen-bond donors (Lipinski definition) is 1. The molecule has 0 radical (unpaired) electrons. The van der Waals surface area contributed by atoms with Gasteiger partial charge in [-0.3, -0.25) is 4.79 Å². The van der Waals surface area contributed by atoms with E-state index in [-0.39, 0.29) is 28.8 Å². The first-order chi connectivity index (χ1) is 16.1. The molecule has 2 unspecified atom stereocenters. The molecule has 2 N–H and O–H groups in total. The van der Waals surface area contributed by atoms with Gasteiger partial charge in [-0.2, -0.15) is 0 Å². The summed E-state index contributed by atoms with van der Waals surface area (Å²) in [5.74, 6) is 2.07. The fraction of sp³-hybridized carbons (Fsp3) is 0.448. The number of carbonyl (C=O) groups is 1. The lowest BCUT2D eigenvalue weighted by molar-refractivity contribution is -0.708. The summed E-state index contributed by atoms with van der Waals surface area (Å²) in [7, 11) is 0. The maximum Gasteiger partial charge on any atom is 0.253 e. The lowest BCUT2D eigenvalue weighted by Gasteiger charge is -2.37. The normalized spacial score (nSPS) is 20.9. The van der Waals surface area contributed by atoms with Gasteiger partial charge in [-0.15, -0.1) is 0 Å². The number of primary amides is 1. The molecule has 0 bridgehead atoms. The summed E-state index contributed by atoms with van der Waals surface area (Å²) in [6, 6.07) is 20.8. The third-order valence-corrected chi connectivity index (χ3v) is 8.38. The van der Waals surface area contributed by atoms with Crippen molar-refractivity contribution < 1.29 is 26.3 Å². The number of aromatic nitrogens is 2. The van der Waals surface area contributed by atoms with E-state index in [2.05, 4.69) is 52.7 Å². The van der Waals surface area contributed by atoms with Crippen molar-refractivity contribution in [2.75, 3.05) is 0 Å². The number of amides is 1. The first-order valence-electron chi connectivity index (χ1n) is 12.6. The molecule has 2 saturated carbocycles. The summed E-state index contributed by atoms with van der Waals surface area (Å²) in [6.45, 7) is 3.38. The lowest BCUT2D eigenvalue weighted by Crippen LogP contribution is -3.00. The Labute approximate surface area is 214 Å². The highest BCUT2D eigenvalue weighted by atomic mass is 79.9. The predicted octanol–water partition coefficient (Wildman–Crippen LogP) is 2.09. The van der Waals surface area contributed by atoms with Crippen molar-refractivity contribution in [2.24, 2.45) is 17.6 Å². The minimum Gasteiger partial charge on any atom is -1.00 e. The number of hydrogen-bond acceptors (Lipinski definition) is 1. The van der Waals surface area contributed by atoms with Crippen LogP contribution in [0, 0.1) is 18.8 Å². The minimum atomic E-state index is -0.807. The number of benzene rings is 2. The molecule has 1 heterocycles. The van der Waals surface area contributed by atoms with E-state index in [0.717, 1.165) is 42.9 Å². The van der Waals surface area contributed by atoms with Crippen molar-refractivity contribution in [3.8, 4) is 0 Å². The number of halogens is 1. The molecule has 2 atom stereocenters. The Morgan fingerprint density at radius 2 is 1.56 bits per heavy atom. The van der Waals surface area contributed by atoms with Crippen molar-refractivity contribution in [2.45, 2.75) is 69.9 Å². The van der Waals surface area contributed by atoms with Crippen LogP contribution in [0.15, 0.2) is 73.1 Å². The van der Waals surface area contributed by atoms with Gasteiger partial charge in [-0.1, -0.05) is 73.5 Å². The van der Waals surface area contributed by atoms with E-state index in [1.165, 1.54) is 31.5 Å². The Bertz CT molecular complexity index is 1050. The first kappa shape index (κ1) is 24.7. The van der Waals surface area contributed by atoms with E-state index in [4.69, 9.17) is 5.73 Å². The zero-order valence-corrected chi connectivity index (χ0v) is 21.7. The van der Waals surface area contributed by atoms with Gasteiger partial charge >= 0.3 is 0 Å². The molecule has 34 heavy (non-hydrogen) atoms. The molecule has 2 aliphatic carbocycles. The van der Waals surface area contributed by atoms with E-state index < -0.39 is 5.41 Å². The second-order valence-electron chi connectivity index (χ2n) is 10.1. The molecule has 2 fully saturated rings. The topological polar surface area (TPSA) is 51.9 Å². The summed E-state index contributed by atoms with van der Waals surface area (Å²) in [4.78, 5) is 13.3. The van der Waals surface area contributed by atoms with Crippen LogP contribution in [0.1, 0.15) is 67.9 Å². The van der Waals surface area contributed by atoms with Crippen LogP contribution in [0.4, 0.5) is 0 Å². The molecule has 5 rings (SSSR count). The van der Waals surface area contributed by atoms with Crippen molar-refractivity contribution in [1.82, 2.24) is 4.57 Å². The molecule has 1 aromatic heterocycles. The molecule has 0 aliphatic heterocycles. The molecule has 3 aromatic rings.